The number of hydrogen-bond acceptors (Lipinski definition) is 1. The van der Waals surface area contributed by atoms with Crippen LogP contribution in [0.1, 0.15) is 57.1 Å². The Morgan fingerprint density at radius 2 is 1.95 bits per heavy atom. The Kier molecular flexibility index (Phi) is 6.00. The highest BCUT2D eigenvalue weighted by atomic mass is 35.5. The average Bonchev–Trinajstić information content (AvgIpc) is 2.42. The first-order valence-electron chi connectivity index (χ1n) is 7.39. The molecule has 1 aromatic rings. The van der Waals surface area contributed by atoms with Gasteiger partial charge in [0.1, 0.15) is 0 Å². The number of hydrogen-bond donors (Lipinski definition) is 1. The Morgan fingerprint density at radius 3 is 2.58 bits per heavy atom. The summed E-state index contributed by atoms with van der Waals surface area (Å²) >= 11 is 12.3. The maximum absolute atomic E-state index is 6.30. The summed E-state index contributed by atoms with van der Waals surface area (Å²) in [6, 6.07) is 6.15. The number of halogens is 2. The Labute approximate surface area is 126 Å². The van der Waals surface area contributed by atoms with Gasteiger partial charge in [0, 0.05) is 16.1 Å². The molecule has 1 saturated carbocycles. The minimum absolute atomic E-state index is 0.340. The van der Waals surface area contributed by atoms with Gasteiger partial charge in [-0.2, -0.15) is 0 Å². The lowest BCUT2D eigenvalue weighted by Crippen LogP contribution is -2.28. The summed E-state index contributed by atoms with van der Waals surface area (Å²) in [6.07, 6.45) is 8.00. The molecule has 1 aliphatic carbocycles. The first kappa shape index (κ1) is 15.2. The van der Waals surface area contributed by atoms with E-state index in [0.29, 0.717) is 11.1 Å². The van der Waals surface area contributed by atoms with Gasteiger partial charge in [-0.1, -0.05) is 55.5 Å². The molecule has 1 aromatic carbocycles. The monoisotopic (exact) mass is 299 g/mol. The van der Waals surface area contributed by atoms with Crippen LogP contribution in [0.5, 0.6) is 0 Å². The molecule has 0 bridgehead atoms. The van der Waals surface area contributed by atoms with Crippen LogP contribution in [0.3, 0.4) is 0 Å². The van der Waals surface area contributed by atoms with Crippen LogP contribution in [0.4, 0.5) is 0 Å². The maximum Gasteiger partial charge on any atom is 0.0468 e. The van der Waals surface area contributed by atoms with Gasteiger partial charge < -0.3 is 5.32 Å². The molecule has 0 spiro atoms. The van der Waals surface area contributed by atoms with Crippen LogP contribution < -0.4 is 5.32 Å². The fourth-order valence-electron chi connectivity index (χ4n) is 2.96. The van der Waals surface area contributed by atoms with Gasteiger partial charge in [-0.25, -0.2) is 0 Å². The molecule has 0 aliphatic heterocycles. The third kappa shape index (κ3) is 4.37. The molecular weight excluding hydrogens is 277 g/mol. The standard InChI is InChI=1S/C16H23Cl2N/c1-2-16(14-9-8-13(17)10-15(14)18)19-11-12-6-4-3-5-7-12/h8-10,12,16,19H,2-7,11H2,1H3. The highest BCUT2D eigenvalue weighted by Crippen LogP contribution is 2.29. The first-order chi connectivity index (χ1) is 9.20. The number of rotatable bonds is 5. The molecule has 3 heteroatoms. The minimum Gasteiger partial charge on any atom is -0.310 e. The molecule has 0 aromatic heterocycles. The van der Waals surface area contributed by atoms with E-state index in [1.165, 1.54) is 37.7 Å². The summed E-state index contributed by atoms with van der Waals surface area (Å²) < 4.78 is 0. The molecule has 1 fully saturated rings. The SMILES string of the molecule is CCC(NCC1CCCCC1)c1ccc(Cl)cc1Cl. The van der Waals surface area contributed by atoms with Crippen LogP contribution in [0.15, 0.2) is 18.2 Å². The number of nitrogens with one attached hydrogen (secondary N) is 1. The van der Waals surface area contributed by atoms with Crippen molar-refractivity contribution in [2.24, 2.45) is 5.92 Å². The Balaban J connectivity index is 1.95. The normalized spacial score (nSPS) is 18.5. The second-order valence-corrected chi connectivity index (χ2v) is 6.38. The molecule has 19 heavy (non-hydrogen) atoms. The van der Waals surface area contributed by atoms with Crippen molar-refractivity contribution in [2.75, 3.05) is 6.54 Å². The molecule has 0 saturated heterocycles. The van der Waals surface area contributed by atoms with Crippen LogP contribution in [-0.2, 0) is 0 Å². The van der Waals surface area contributed by atoms with Crippen molar-refractivity contribution in [1.82, 2.24) is 5.32 Å². The highest BCUT2D eigenvalue weighted by molar-refractivity contribution is 6.35. The molecule has 1 atom stereocenters. The van der Waals surface area contributed by atoms with Crippen LogP contribution >= 0.6 is 23.2 Å². The fourth-order valence-corrected chi connectivity index (χ4v) is 3.50. The molecule has 1 aliphatic rings. The number of benzene rings is 1. The highest BCUT2D eigenvalue weighted by Gasteiger charge is 2.17. The lowest BCUT2D eigenvalue weighted by Gasteiger charge is -2.25. The third-order valence-corrected chi connectivity index (χ3v) is 4.69. The van der Waals surface area contributed by atoms with Gasteiger partial charge in [0.2, 0.25) is 0 Å². The van der Waals surface area contributed by atoms with E-state index in [2.05, 4.69) is 12.2 Å². The lowest BCUT2D eigenvalue weighted by atomic mass is 9.89. The zero-order chi connectivity index (χ0) is 13.7. The molecule has 0 heterocycles. The largest absolute Gasteiger partial charge is 0.310 e. The molecule has 2 rings (SSSR count). The van der Waals surface area contributed by atoms with Crippen molar-refractivity contribution in [3.8, 4) is 0 Å². The third-order valence-electron chi connectivity index (χ3n) is 4.12. The smallest absolute Gasteiger partial charge is 0.0468 e. The Bertz CT molecular complexity index is 400. The van der Waals surface area contributed by atoms with Crippen LogP contribution in [-0.4, -0.2) is 6.54 Å². The zero-order valence-electron chi connectivity index (χ0n) is 11.6. The Morgan fingerprint density at radius 1 is 1.21 bits per heavy atom. The summed E-state index contributed by atoms with van der Waals surface area (Å²) in [5.74, 6) is 0.842. The predicted molar refractivity (Wildman–Crippen MR) is 84.1 cm³/mol. The zero-order valence-corrected chi connectivity index (χ0v) is 13.1. The summed E-state index contributed by atoms with van der Waals surface area (Å²) in [5, 5.41) is 5.17. The van der Waals surface area contributed by atoms with Crippen molar-refractivity contribution in [1.29, 1.82) is 0 Å². The van der Waals surface area contributed by atoms with E-state index in [9.17, 15) is 0 Å². The van der Waals surface area contributed by atoms with Crippen LogP contribution in [0.2, 0.25) is 10.0 Å². The van der Waals surface area contributed by atoms with Gasteiger partial charge in [-0.15, -0.1) is 0 Å². The van der Waals surface area contributed by atoms with Gasteiger partial charge in [0.25, 0.3) is 0 Å². The molecular formula is C16H23Cl2N. The maximum atomic E-state index is 6.30. The Hall–Kier alpha value is -0.240. The second-order valence-electron chi connectivity index (χ2n) is 5.54. The van der Waals surface area contributed by atoms with Crippen molar-refractivity contribution in [3.05, 3.63) is 33.8 Å². The van der Waals surface area contributed by atoms with E-state index in [4.69, 9.17) is 23.2 Å². The van der Waals surface area contributed by atoms with E-state index in [1.807, 2.05) is 18.2 Å². The summed E-state index contributed by atoms with van der Waals surface area (Å²) in [4.78, 5) is 0. The lowest BCUT2D eigenvalue weighted by molar-refractivity contribution is 0.326. The van der Waals surface area contributed by atoms with Crippen LogP contribution in [0.25, 0.3) is 0 Å². The molecule has 0 amide bonds. The fraction of sp³-hybridized carbons (Fsp3) is 0.625. The quantitative estimate of drug-likeness (QED) is 0.744. The minimum atomic E-state index is 0.340. The van der Waals surface area contributed by atoms with Crippen molar-refractivity contribution in [3.63, 3.8) is 0 Å². The van der Waals surface area contributed by atoms with Crippen molar-refractivity contribution >= 4 is 23.2 Å². The van der Waals surface area contributed by atoms with E-state index in [-0.39, 0.29) is 0 Å². The average molecular weight is 300 g/mol. The van der Waals surface area contributed by atoms with Crippen molar-refractivity contribution < 1.29 is 0 Å². The van der Waals surface area contributed by atoms with Crippen LogP contribution in [0, 0.1) is 5.92 Å². The molecule has 0 radical (unpaired) electrons. The topological polar surface area (TPSA) is 12.0 Å². The van der Waals surface area contributed by atoms with Gasteiger partial charge in [0.15, 0.2) is 0 Å². The van der Waals surface area contributed by atoms with Gasteiger partial charge in [-0.3, -0.25) is 0 Å². The molecule has 1 nitrogen and oxygen atoms in total. The molecule has 106 valence electrons. The van der Waals surface area contributed by atoms with Gasteiger partial charge in [0.05, 0.1) is 0 Å². The van der Waals surface area contributed by atoms with E-state index in [1.54, 1.807) is 0 Å². The summed E-state index contributed by atoms with van der Waals surface area (Å²) in [5.41, 5.74) is 1.17. The predicted octanol–water partition coefficient (Wildman–Crippen LogP) is 5.61. The molecule has 1 N–H and O–H groups in total. The van der Waals surface area contributed by atoms with E-state index >= 15 is 0 Å². The first-order valence-corrected chi connectivity index (χ1v) is 8.14. The second kappa shape index (κ2) is 7.52. The summed E-state index contributed by atoms with van der Waals surface area (Å²) in [6.45, 7) is 3.31. The summed E-state index contributed by atoms with van der Waals surface area (Å²) in [7, 11) is 0. The van der Waals surface area contributed by atoms with Gasteiger partial charge >= 0.3 is 0 Å². The van der Waals surface area contributed by atoms with Crippen molar-refractivity contribution in [2.45, 2.75) is 51.5 Å². The van der Waals surface area contributed by atoms with Gasteiger partial charge in [-0.05, 0) is 49.4 Å². The van der Waals surface area contributed by atoms with E-state index in [0.717, 1.165) is 23.9 Å². The van der Waals surface area contributed by atoms with E-state index < -0.39 is 0 Å². The molecule has 1 unspecified atom stereocenters.